The number of nitrogens with zero attached hydrogens (tertiary/aromatic N) is 2. The quantitative estimate of drug-likeness (QED) is 0.853. The van der Waals surface area contributed by atoms with E-state index in [1.54, 1.807) is 0 Å². The van der Waals surface area contributed by atoms with Crippen molar-refractivity contribution in [2.45, 2.75) is 46.6 Å². The Kier molecular flexibility index (Phi) is 5.27. The lowest BCUT2D eigenvalue weighted by Crippen LogP contribution is -2.25. The monoisotopic (exact) mass is 353 g/mol. The van der Waals surface area contributed by atoms with Crippen LogP contribution in [0.15, 0.2) is 15.0 Å². The van der Waals surface area contributed by atoms with Crippen molar-refractivity contribution >= 4 is 15.9 Å². The first-order valence-corrected chi connectivity index (χ1v) is 8.21. The highest BCUT2D eigenvalue weighted by Gasteiger charge is 2.21. The molecule has 5 heteroatoms. The molecule has 2 heterocycles. The summed E-state index contributed by atoms with van der Waals surface area (Å²) in [5.74, 6) is 1.96. The van der Waals surface area contributed by atoms with Gasteiger partial charge in [-0.15, -0.1) is 0 Å². The van der Waals surface area contributed by atoms with Crippen LogP contribution < -0.4 is 5.32 Å². The largest absolute Gasteiger partial charge is 0.466 e. The fourth-order valence-corrected chi connectivity index (χ4v) is 3.20. The molecule has 0 fully saturated rings. The Balaban J connectivity index is 2.30. The number of aromatic nitrogens is 2. The van der Waals surface area contributed by atoms with Gasteiger partial charge in [0.1, 0.15) is 11.5 Å². The molecule has 1 atom stereocenters. The lowest BCUT2D eigenvalue weighted by molar-refractivity contribution is 0.474. The van der Waals surface area contributed by atoms with Gasteiger partial charge in [0.05, 0.1) is 15.9 Å². The first-order valence-electron chi connectivity index (χ1n) is 7.42. The van der Waals surface area contributed by atoms with E-state index in [2.05, 4.69) is 39.3 Å². The normalized spacial score (nSPS) is 12.9. The highest BCUT2D eigenvalue weighted by Crippen LogP contribution is 2.29. The number of hydrogen-bond donors (Lipinski definition) is 1. The molecule has 2 rings (SSSR count). The van der Waals surface area contributed by atoms with Crippen LogP contribution in [0.5, 0.6) is 0 Å². The molecule has 0 radical (unpaired) electrons. The van der Waals surface area contributed by atoms with E-state index in [0.29, 0.717) is 0 Å². The van der Waals surface area contributed by atoms with Gasteiger partial charge >= 0.3 is 0 Å². The summed E-state index contributed by atoms with van der Waals surface area (Å²) in [5.41, 5.74) is 3.48. The lowest BCUT2D eigenvalue weighted by Gasteiger charge is -2.18. The van der Waals surface area contributed by atoms with Crippen LogP contribution in [0.1, 0.15) is 47.9 Å². The number of nitrogens with one attached hydrogen (secondary N) is 1. The van der Waals surface area contributed by atoms with E-state index in [-0.39, 0.29) is 6.04 Å². The first kappa shape index (κ1) is 16.3. The van der Waals surface area contributed by atoms with Gasteiger partial charge in [-0.25, -0.2) is 0 Å². The first-order chi connectivity index (χ1) is 9.93. The maximum absolute atomic E-state index is 5.70. The SMILES string of the molecule is CCCNC(Cc1c(Br)c(C)nn1C)c1cc(C)oc1C. The van der Waals surface area contributed by atoms with Crippen molar-refractivity contribution in [2.24, 2.45) is 7.05 Å². The van der Waals surface area contributed by atoms with Gasteiger partial charge in [0, 0.05) is 25.1 Å². The van der Waals surface area contributed by atoms with Crippen molar-refractivity contribution in [3.63, 3.8) is 0 Å². The fraction of sp³-hybridized carbons (Fsp3) is 0.562. The van der Waals surface area contributed by atoms with Crippen LogP contribution in [-0.2, 0) is 13.5 Å². The second-order valence-electron chi connectivity index (χ2n) is 5.55. The predicted octanol–water partition coefficient (Wildman–Crippen LogP) is 3.98. The Morgan fingerprint density at radius 2 is 2.10 bits per heavy atom. The summed E-state index contributed by atoms with van der Waals surface area (Å²) in [4.78, 5) is 0. The minimum Gasteiger partial charge on any atom is -0.466 e. The smallest absolute Gasteiger partial charge is 0.105 e. The van der Waals surface area contributed by atoms with E-state index in [1.807, 2.05) is 32.5 Å². The summed E-state index contributed by atoms with van der Waals surface area (Å²) >= 11 is 3.66. The van der Waals surface area contributed by atoms with Crippen molar-refractivity contribution in [3.8, 4) is 0 Å². The van der Waals surface area contributed by atoms with Crippen molar-refractivity contribution < 1.29 is 4.42 Å². The van der Waals surface area contributed by atoms with Crippen LogP contribution in [0.4, 0.5) is 0 Å². The third kappa shape index (κ3) is 3.58. The van der Waals surface area contributed by atoms with Gasteiger partial charge in [-0.3, -0.25) is 4.68 Å². The van der Waals surface area contributed by atoms with E-state index in [1.165, 1.54) is 11.3 Å². The Labute approximate surface area is 135 Å². The Morgan fingerprint density at radius 3 is 2.57 bits per heavy atom. The van der Waals surface area contributed by atoms with Crippen LogP contribution in [0.25, 0.3) is 0 Å². The molecule has 0 aliphatic rings. The molecule has 0 spiro atoms. The third-order valence-corrected chi connectivity index (χ3v) is 4.79. The molecule has 1 unspecified atom stereocenters. The standard InChI is InChI=1S/C16H24BrN3O/c1-6-7-18-14(13-8-10(2)21-12(13)4)9-15-16(17)11(3)19-20(15)5/h8,14,18H,6-7,9H2,1-5H3. The molecule has 1 N–H and O–H groups in total. The van der Waals surface area contributed by atoms with Gasteiger partial charge in [0.2, 0.25) is 0 Å². The van der Waals surface area contributed by atoms with Crippen LogP contribution in [0.3, 0.4) is 0 Å². The van der Waals surface area contributed by atoms with Gasteiger partial charge in [-0.05, 0) is 55.7 Å². The van der Waals surface area contributed by atoms with Crippen LogP contribution in [0.2, 0.25) is 0 Å². The van der Waals surface area contributed by atoms with Gasteiger partial charge in [0.25, 0.3) is 0 Å². The van der Waals surface area contributed by atoms with Gasteiger partial charge < -0.3 is 9.73 Å². The topological polar surface area (TPSA) is 43.0 Å². The van der Waals surface area contributed by atoms with E-state index >= 15 is 0 Å². The number of rotatable bonds is 6. The maximum Gasteiger partial charge on any atom is 0.105 e. The molecule has 2 aromatic rings. The van der Waals surface area contributed by atoms with E-state index in [0.717, 1.165) is 41.1 Å². The van der Waals surface area contributed by atoms with Gasteiger partial charge in [-0.2, -0.15) is 5.10 Å². The second-order valence-corrected chi connectivity index (χ2v) is 6.34. The highest BCUT2D eigenvalue weighted by atomic mass is 79.9. The molecule has 0 saturated carbocycles. The fourth-order valence-electron chi connectivity index (χ4n) is 2.70. The van der Waals surface area contributed by atoms with Gasteiger partial charge in [0.15, 0.2) is 0 Å². The van der Waals surface area contributed by atoms with E-state index < -0.39 is 0 Å². The molecule has 0 bridgehead atoms. The minimum atomic E-state index is 0.244. The van der Waals surface area contributed by atoms with E-state index in [4.69, 9.17) is 4.42 Å². The molecule has 0 aliphatic carbocycles. The lowest BCUT2D eigenvalue weighted by atomic mass is 10.0. The molecule has 0 aromatic carbocycles. The second kappa shape index (κ2) is 6.79. The van der Waals surface area contributed by atoms with Crippen LogP contribution in [0, 0.1) is 20.8 Å². The third-order valence-electron chi connectivity index (χ3n) is 3.75. The van der Waals surface area contributed by atoms with Crippen LogP contribution >= 0.6 is 15.9 Å². The molecule has 0 saturated heterocycles. The molecule has 4 nitrogen and oxygen atoms in total. The average molecular weight is 354 g/mol. The zero-order chi connectivity index (χ0) is 15.6. The molecular weight excluding hydrogens is 330 g/mol. The van der Waals surface area contributed by atoms with Crippen molar-refractivity contribution in [1.82, 2.24) is 15.1 Å². The average Bonchev–Trinajstić information content (AvgIpc) is 2.87. The number of hydrogen-bond acceptors (Lipinski definition) is 3. The zero-order valence-electron chi connectivity index (χ0n) is 13.5. The molecule has 116 valence electrons. The molecular formula is C16H24BrN3O. The Hall–Kier alpha value is -1.07. The Morgan fingerprint density at radius 1 is 1.38 bits per heavy atom. The maximum atomic E-state index is 5.70. The summed E-state index contributed by atoms with van der Waals surface area (Å²) < 4.78 is 8.77. The molecule has 2 aromatic heterocycles. The molecule has 0 aliphatic heterocycles. The molecule has 0 amide bonds. The van der Waals surface area contributed by atoms with Crippen molar-refractivity contribution in [3.05, 3.63) is 39.0 Å². The summed E-state index contributed by atoms with van der Waals surface area (Å²) in [7, 11) is 2.00. The van der Waals surface area contributed by atoms with Crippen molar-refractivity contribution in [1.29, 1.82) is 0 Å². The highest BCUT2D eigenvalue weighted by molar-refractivity contribution is 9.10. The number of halogens is 1. The summed E-state index contributed by atoms with van der Waals surface area (Å²) in [6, 6.07) is 2.38. The minimum absolute atomic E-state index is 0.244. The Bertz CT molecular complexity index is 615. The zero-order valence-corrected chi connectivity index (χ0v) is 15.0. The summed E-state index contributed by atoms with van der Waals surface area (Å²) in [6.45, 7) is 9.23. The predicted molar refractivity (Wildman–Crippen MR) is 88.6 cm³/mol. The summed E-state index contributed by atoms with van der Waals surface area (Å²) in [5, 5.41) is 8.11. The number of aryl methyl sites for hydroxylation is 4. The molecule has 21 heavy (non-hydrogen) atoms. The number of furan rings is 1. The summed E-state index contributed by atoms with van der Waals surface area (Å²) in [6.07, 6.45) is 2.00. The van der Waals surface area contributed by atoms with E-state index in [9.17, 15) is 0 Å². The van der Waals surface area contributed by atoms with Crippen LogP contribution in [-0.4, -0.2) is 16.3 Å². The van der Waals surface area contributed by atoms with Crippen molar-refractivity contribution in [2.75, 3.05) is 6.54 Å². The van der Waals surface area contributed by atoms with Gasteiger partial charge in [-0.1, -0.05) is 6.92 Å².